The smallest absolute Gasteiger partial charge is 0.257 e. The maximum Gasteiger partial charge on any atom is 0.257 e. The molecule has 2 heterocycles. The van der Waals surface area contributed by atoms with E-state index in [9.17, 15) is 14.0 Å². The molecule has 1 aromatic heterocycles. The minimum absolute atomic E-state index is 0.0454. The van der Waals surface area contributed by atoms with E-state index < -0.39 is 0 Å². The summed E-state index contributed by atoms with van der Waals surface area (Å²) in [6, 6.07) is 16.2. The molecule has 0 spiro atoms. The fourth-order valence-electron chi connectivity index (χ4n) is 3.52. The molecule has 3 aromatic rings. The van der Waals surface area contributed by atoms with E-state index in [1.165, 1.54) is 17.4 Å². The highest BCUT2D eigenvalue weighted by molar-refractivity contribution is 8.00. The van der Waals surface area contributed by atoms with E-state index >= 15 is 0 Å². The van der Waals surface area contributed by atoms with Gasteiger partial charge in [-0.05, 0) is 30.2 Å². The number of thiophene rings is 1. The van der Waals surface area contributed by atoms with Crippen molar-refractivity contribution in [1.82, 2.24) is 4.90 Å². The lowest BCUT2D eigenvalue weighted by atomic mass is 10.1. The third kappa shape index (κ3) is 5.03. The number of anilines is 1. The summed E-state index contributed by atoms with van der Waals surface area (Å²) in [6.45, 7) is 3.95. The number of halogens is 1. The number of thioether (sulfide) groups is 1. The SMILES string of the molecule is Cc1c(-c2ccccc2)sc(NC(=O)CSc2ccccc2F)c1C(=O)N1CCOCC1. The molecule has 1 aliphatic rings. The molecule has 0 unspecified atom stereocenters. The van der Waals surface area contributed by atoms with Crippen LogP contribution in [0.15, 0.2) is 59.5 Å². The van der Waals surface area contributed by atoms with Gasteiger partial charge in [0, 0.05) is 22.9 Å². The molecule has 0 saturated carbocycles. The van der Waals surface area contributed by atoms with Crippen LogP contribution in [0.3, 0.4) is 0 Å². The fraction of sp³-hybridized carbons (Fsp3) is 0.250. The number of carbonyl (C=O) groups is 2. The predicted octanol–water partition coefficient (Wildman–Crippen LogP) is 5.07. The van der Waals surface area contributed by atoms with E-state index in [1.807, 2.05) is 37.3 Å². The quantitative estimate of drug-likeness (QED) is 0.512. The number of ether oxygens (including phenoxy) is 1. The standard InChI is InChI=1S/C24H23FN2O3S2/c1-16-21(24(29)27-11-13-30-14-12-27)23(32-22(16)17-7-3-2-4-8-17)26-20(28)15-31-19-10-6-5-9-18(19)25/h2-10H,11-15H2,1H3,(H,26,28). The Balaban J connectivity index is 1.60. The number of hydrogen-bond acceptors (Lipinski definition) is 5. The van der Waals surface area contributed by atoms with Crippen LogP contribution >= 0.6 is 23.1 Å². The lowest BCUT2D eigenvalue weighted by Gasteiger charge is -2.27. The van der Waals surface area contributed by atoms with Crippen molar-refractivity contribution in [1.29, 1.82) is 0 Å². The molecule has 2 amide bonds. The van der Waals surface area contributed by atoms with Gasteiger partial charge in [0.05, 0.1) is 24.5 Å². The molecule has 166 valence electrons. The first kappa shape index (κ1) is 22.5. The normalized spacial score (nSPS) is 13.8. The molecule has 5 nitrogen and oxygen atoms in total. The van der Waals surface area contributed by atoms with Crippen LogP contribution in [0.25, 0.3) is 10.4 Å². The van der Waals surface area contributed by atoms with Gasteiger partial charge in [-0.25, -0.2) is 4.39 Å². The third-order valence-electron chi connectivity index (χ3n) is 5.14. The Kier molecular flexibility index (Phi) is 7.24. The van der Waals surface area contributed by atoms with Gasteiger partial charge >= 0.3 is 0 Å². The Bertz CT molecular complexity index is 1110. The summed E-state index contributed by atoms with van der Waals surface area (Å²) in [5.41, 5.74) is 2.35. The van der Waals surface area contributed by atoms with Gasteiger partial charge in [-0.15, -0.1) is 23.1 Å². The van der Waals surface area contributed by atoms with Crippen molar-refractivity contribution < 1.29 is 18.7 Å². The van der Waals surface area contributed by atoms with Gasteiger partial charge < -0.3 is 15.0 Å². The first-order chi connectivity index (χ1) is 15.5. The number of rotatable bonds is 6. The Morgan fingerprint density at radius 2 is 1.78 bits per heavy atom. The second-order valence-corrected chi connectivity index (χ2v) is 9.34. The molecule has 1 aliphatic heterocycles. The van der Waals surface area contributed by atoms with E-state index in [0.29, 0.717) is 41.8 Å². The predicted molar refractivity (Wildman–Crippen MR) is 127 cm³/mol. The van der Waals surface area contributed by atoms with E-state index in [4.69, 9.17) is 4.74 Å². The summed E-state index contributed by atoms with van der Waals surface area (Å²) in [6.07, 6.45) is 0. The van der Waals surface area contributed by atoms with Gasteiger partial charge in [0.25, 0.3) is 5.91 Å². The molecular weight excluding hydrogens is 447 g/mol. The zero-order valence-corrected chi connectivity index (χ0v) is 19.2. The minimum atomic E-state index is -0.355. The number of benzene rings is 2. The van der Waals surface area contributed by atoms with Crippen LogP contribution in [-0.4, -0.2) is 48.8 Å². The average Bonchev–Trinajstić information content (AvgIpc) is 3.14. The zero-order valence-electron chi connectivity index (χ0n) is 17.6. The molecule has 1 fully saturated rings. The monoisotopic (exact) mass is 470 g/mol. The first-order valence-electron chi connectivity index (χ1n) is 10.3. The van der Waals surface area contributed by atoms with Crippen LogP contribution in [0.5, 0.6) is 0 Å². The largest absolute Gasteiger partial charge is 0.378 e. The lowest BCUT2D eigenvalue weighted by Crippen LogP contribution is -2.41. The maximum atomic E-state index is 13.9. The Hall–Kier alpha value is -2.68. The summed E-state index contributed by atoms with van der Waals surface area (Å²) < 4.78 is 19.3. The highest BCUT2D eigenvalue weighted by Gasteiger charge is 2.28. The van der Waals surface area contributed by atoms with Crippen LogP contribution in [0, 0.1) is 12.7 Å². The van der Waals surface area contributed by atoms with Gasteiger partial charge in [-0.3, -0.25) is 9.59 Å². The Morgan fingerprint density at radius 1 is 1.09 bits per heavy atom. The summed E-state index contributed by atoms with van der Waals surface area (Å²) >= 11 is 2.52. The van der Waals surface area contributed by atoms with Crippen molar-refractivity contribution in [3.05, 3.63) is 71.5 Å². The molecule has 0 atom stereocenters. The molecule has 0 bridgehead atoms. The number of hydrogen-bond donors (Lipinski definition) is 1. The second kappa shape index (κ2) is 10.3. The summed E-state index contributed by atoms with van der Waals surface area (Å²) in [7, 11) is 0. The maximum absolute atomic E-state index is 13.9. The van der Waals surface area contributed by atoms with Crippen LogP contribution in [0.1, 0.15) is 15.9 Å². The Labute approximate surface area is 194 Å². The van der Waals surface area contributed by atoms with Crippen molar-refractivity contribution in [2.45, 2.75) is 11.8 Å². The number of nitrogens with one attached hydrogen (secondary N) is 1. The van der Waals surface area contributed by atoms with E-state index in [-0.39, 0.29) is 23.4 Å². The molecule has 4 rings (SSSR count). The summed E-state index contributed by atoms with van der Waals surface area (Å²) in [4.78, 5) is 29.2. The van der Waals surface area contributed by atoms with E-state index in [2.05, 4.69) is 5.32 Å². The fourth-order valence-corrected chi connectivity index (χ4v) is 5.48. The first-order valence-corrected chi connectivity index (χ1v) is 12.1. The van der Waals surface area contributed by atoms with Gasteiger partial charge in [-0.1, -0.05) is 42.5 Å². The number of nitrogens with zero attached hydrogens (tertiary/aromatic N) is 1. The molecule has 1 saturated heterocycles. The van der Waals surface area contributed by atoms with E-state index in [0.717, 1.165) is 27.8 Å². The number of morpholine rings is 1. The summed E-state index contributed by atoms with van der Waals surface area (Å²) in [5, 5.41) is 3.43. The number of carbonyl (C=O) groups excluding carboxylic acids is 2. The van der Waals surface area contributed by atoms with Crippen LogP contribution < -0.4 is 5.32 Å². The van der Waals surface area contributed by atoms with Crippen molar-refractivity contribution in [3.63, 3.8) is 0 Å². The molecule has 0 radical (unpaired) electrons. The van der Waals surface area contributed by atoms with Crippen LogP contribution in [0.4, 0.5) is 9.39 Å². The van der Waals surface area contributed by atoms with Crippen LogP contribution in [0.2, 0.25) is 0 Å². The molecule has 0 aliphatic carbocycles. The molecule has 32 heavy (non-hydrogen) atoms. The van der Waals surface area contributed by atoms with Crippen molar-refractivity contribution in [2.24, 2.45) is 0 Å². The zero-order chi connectivity index (χ0) is 22.5. The van der Waals surface area contributed by atoms with Crippen LogP contribution in [-0.2, 0) is 9.53 Å². The molecule has 2 aromatic carbocycles. The van der Waals surface area contributed by atoms with Gasteiger partial charge in [0.1, 0.15) is 10.8 Å². The van der Waals surface area contributed by atoms with Gasteiger partial charge in [0.15, 0.2) is 0 Å². The molecule has 1 N–H and O–H groups in total. The third-order valence-corrected chi connectivity index (χ3v) is 7.45. The van der Waals surface area contributed by atoms with Gasteiger partial charge in [0.2, 0.25) is 5.91 Å². The minimum Gasteiger partial charge on any atom is -0.378 e. The summed E-state index contributed by atoms with van der Waals surface area (Å²) in [5.74, 6) is -0.702. The lowest BCUT2D eigenvalue weighted by molar-refractivity contribution is -0.113. The average molecular weight is 471 g/mol. The van der Waals surface area contributed by atoms with Crippen molar-refractivity contribution >= 4 is 39.9 Å². The van der Waals surface area contributed by atoms with Crippen molar-refractivity contribution in [3.8, 4) is 10.4 Å². The molecule has 8 heteroatoms. The molecular formula is C24H23FN2O3S2. The van der Waals surface area contributed by atoms with Crippen molar-refractivity contribution in [2.75, 3.05) is 37.4 Å². The second-order valence-electron chi connectivity index (χ2n) is 7.30. The topological polar surface area (TPSA) is 58.6 Å². The van der Waals surface area contributed by atoms with Gasteiger partial charge in [-0.2, -0.15) is 0 Å². The highest BCUT2D eigenvalue weighted by Crippen LogP contribution is 2.40. The number of amides is 2. The Morgan fingerprint density at radius 3 is 2.50 bits per heavy atom. The van der Waals surface area contributed by atoms with E-state index in [1.54, 1.807) is 23.1 Å². The highest BCUT2D eigenvalue weighted by atomic mass is 32.2.